The lowest BCUT2D eigenvalue weighted by Crippen LogP contribution is -2.54. The molecule has 5 atom stereocenters. The van der Waals surface area contributed by atoms with Crippen LogP contribution >= 0.6 is 0 Å². The topological polar surface area (TPSA) is 365 Å². The van der Waals surface area contributed by atoms with Crippen LogP contribution in [-0.4, -0.2) is 151 Å². The fourth-order valence-electron chi connectivity index (χ4n) is 7.98. The van der Waals surface area contributed by atoms with Gasteiger partial charge in [0.2, 0.25) is 35.4 Å². The molecule has 482 valence electrons. The maximum atomic E-state index is 14.3. The Morgan fingerprint density at radius 1 is 0.461 bits per heavy atom. The third-order valence-electron chi connectivity index (χ3n) is 12.5. The quantitative estimate of drug-likeness (QED) is 0.0137. The molecule has 89 heavy (non-hydrogen) atoms. The van der Waals surface area contributed by atoms with Crippen LogP contribution in [0.2, 0.25) is 0 Å². The molecule has 4 rings (SSSR count). The van der Waals surface area contributed by atoms with E-state index in [1.165, 1.54) is 0 Å². The van der Waals surface area contributed by atoms with Crippen LogP contribution in [0.15, 0.2) is 121 Å². The van der Waals surface area contributed by atoms with Crippen molar-refractivity contribution in [3.8, 4) is 0 Å². The second kappa shape index (κ2) is 40.4. The number of carbonyl (C=O) groups is 11. The van der Waals surface area contributed by atoms with E-state index in [2.05, 4.69) is 31.9 Å². The van der Waals surface area contributed by atoms with Crippen LogP contribution in [-0.2, 0) is 112 Å². The number of hydrogen-bond donors (Lipinski definition) is 8. The van der Waals surface area contributed by atoms with Crippen LogP contribution in [0.25, 0.3) is 0 Å². The van der Waals surface area contributed by atoms with Crippen molar-refractivity contribution >= 4 is 65.3 Å². The highest BCUT2D eigenvalue weighted by Crippen LogP contribution is 2.14. The van der Waals surface area contributed by atoms with Crippen molar-refractivity contribution in [2.24, 2.45) is 0 Å². The first-order valence-electron chi connectivity index (χ1n) is 28.9. The zero-order valence-corrected chi connectivity index (χ0v) is 50.1. The summed E-state index contributed by atoms with van der Waals surface area (Å²) in [5.74, 6) is -9.16. The molecule has 0 heterocycles. The molecule has 5 unspecified atom stereocenters. The summed E-state index contributed by atoms with van der Waals surface area (Å²) in [4.78, 5) is 142. The first kappa shape index (κ1) is 72.4. The Labute approximate surface area is 515 Å². The Kier molecular flexibility index (Phi) is 32.8. The second-order valence-corrected chi connectivity index (χ2v) is 21.1. The summed E-state index contributed by atoms with van der Waals surface area (Å²) in [7, 11) is 0. The van der Waals surface area contributed by atoms with Crippen LogP contribution in [0.3, 0.4) is 0 Å². The number of esters is 4. The largest absolute Gasteiger partial charge is 0.481 e. The number of benzene rings is 4. The highest BCUT2D eigenvalue weighted by molar-refractivity contribution is 5.94. The molecule has 4 aromatic rings. The number of carbonyl (C=O) groups excluding carboxylic acids is 10. The van der Waals surface area contributed by atoms with E-state index in [1.54, 1.807) is 136 Å². The molecule has 6 amide bonds. The lowest BCUT2D eigenvalue weighted by molar-refractivity contribution is -0.155. The molecular weight excluding hydrogens is 1160 g/mol. The van der Waals surface area contributed by atoms with Gasteiger partial charge in [0.15, 0.2) is 6.29 Å². The summed E-state index contributed by atoms with van der Waals surface area (Å²) in [6, 6.07) is 29.7. The van der Waals surface area contributed by atoms with Gasteiger partial charge in [-0.25, -0.2) is 4.79 Å². The zero-order valence-electron chi connectivity index (χ0n) is 50.1. The first-order chi connectivity index (χ1) is 42.6. The number of rotatable bonds is 41. The van der Waals surface area contributed by atoms with E-state index in [9.17, 15) is 57.8 Å². The van der Waals surface area contributed by atoms with Gasteiger partial charge in [0.1, 0.15) is 56.7 Å². The van der Waals surface area contributed by atoms with Crippen molar-refractivity contribution in [1.82, 2.24) is 31.9 Å². The lowest BCUT2D eigenvalue weighted by Gasteiger charge is -2.27. The number of hydrogen-bond acceptors (Lipinski definition) is 19. The molecule has 26 heteroatoms. The molecule has 0 spiro atoms. The third kappa shape index (κ3) is 32.4. The van der Waals surface area contributed by atoms with Crippen LogP contribution in [0.5, 0.6) is 0 Å². The molecule has 0 aliphatic heterocycles. The molecule has 0 radical (unpaired) electrons. The fraction of sp³-hybridized carbons (Fsp3) is 0.444. The van der Waals surface area contributed by atoms with Gasteiger partial charge in [0.25, 0.3) is 0 Å². The minimum atomic E-state index is -1.70. The van der Waals surface area contributed by atoms with Gasteiger partial charge in [0, 0.05) is 32.2 Å². The fourth-order valence-corrected chi connectivity index (χ4v) is 7.98. The van der Waals surface area contributed by atoms with Gasteiger partial charge in [-0.2, -0.15) is 0 Å². The minimum absolute atomic E-state index is 0.0274. The summed E-state index contributed by atoms with van der Waals surface area (Å²) >= 11 is 0. The molecule has 0 bridgehead atoms. The minimum Gasteiger partial charge on any atom is -0.481 e. The van der Waals surface area contributed by atoms with Gasteiger partial charge in [-0.05, 0) is 62.3 Å². The Morgan fingerprint density at radius 2 is 0.944 bits per heavy atom. The highest BCUT2D eigenvalue weighted by atomic mass is 16.6. The standard InChI is InChI=1S/C63H80N6O20/c1-63(2,3)89-58(78)37-65-59(79)50(68-52(71)28-29-55(74)75)36-53(72)64-32-33-83-34-35-84-42-54(73)66-47(60(80)69-49(62(82)88-41-46-22-14-7-15-23-46)26-31-57(77)86-39-44-18-10-5-11-19-44)24-27-51(70)67-48(61(81)87-40-45-20-12-6-13-21-45)25-30-56(76)85-38-43-16-8-4-9-17-43/h4-23,47-50,62,82H,24-42H2,1-3H3,(H,64,72)(H,65,79)(H,66,73)(H,67,70)(H,68,71)(H,69,80)(H,74,75). The predicted octanol–water partition coefficient (Wildman–Crippen LogP) is 2.89. The van der Waals surface area contributed by atoms with Crippen LogP contribution < -0.4 is 31.9 Å². The maximum absolute atomic E-state index is 14.3. The SMILES string of the molecule is CC(C)(C)OC(=O)CNC(=O)C(CC(=O)NCCOCCOCC(=O)NC(CCC(=O)NC(CCC(=O)OCc1ccccc1)C(=O)OCc1ccccc1)C(=O)NC(CCC(=O)OCc1ccccc1)C(O)OCc1ccccc1)NC(=O)CCC(=O)O. The maximum Gasteiger partial charge on any atom is 0.328 e. The summed E-state index contributed by atoms with van der Waals surface area (Å²) < 4.78 is 38.2. The van der Waals surface area contributed by atoms with Crippen molar-refractivity contribution < 1.29 is 96.1 Å². The van der Waals surface area contributed by atoms with Gasteiger partial charge in [-0.3, -0.25) is 47.9 Å². The number of aliphatic hydroxyl groups is 1. The summed E-state index contributed by atoms with van der Waals surface area (Å²) in [6.45, 7) is 2.86. The van der Waals surface area contributed by atoms with Gasteiger partial charge >= 0.3 is 29.8 Å². The van der Waals surface area contributed by atoms with Crippen molar-refractivity contribution in [3.05, 3.63) is 144 Å². The van der Waals surface area contributed by atoms with Crippen molar-refractivity contribution in [2.75, 3.05) is 39.5 Å². The van der Waals surface area contributed by atoms with Gasteiger partial charge in [-0.1, -0.05) is 121 Å². The number of amides is 6. The molecule has 26 nitrogen and oxygen atoms in total. The van der Waals surface area contributed by atoms with E-state index in [-0.39, 0.29) is 78.5 Å². The number of aliphatic hydroxyl groups excluding tert-OH is 1. The van der Waals surface area contributed by atoms with E-state index >= 15 is 0 Å². The zero-order chi connectivity index (χ0) is 64.8. The molecule has 8 N–H and O–H groups in total. The predicted molar refractivity (Wildman–Crippen MR) is 316 cm³/mol. The van der Waals surface area contributed by atoms with E-state index in [0.29, 0.717) is 11.1 Å². The molecule has 0 saturated carbocycles. The van der Waals surface area contributed by atoms with E-state index in [1.807, 2.05) is 6.07 Å². The average Bonchev–Trinajstić information content (AvgIpc) is 3.72. The smallest absolute Gasteiger partial charge is 0.328 e. The van der Waals surface area contributed by atoms with Crippen LogP contribution in [0, 0.1) is 0 Å². The summed E-state index contributed by atoms with van der Waals surface area (Å²) in [5, 5.41) is 35.2. The Hall–Kier alpha value is -9.11. The molecule has 4 aromatic carbocycles. The Morgan fingerprint density at radius 3 is 1.49 bits per heavy atom. The molecular formula is C63H80N6O20. The van der Waals surface area contributed by atoms with Gasteiger partial charge < -0.3 is 75.3 Å². The second-order valence-electron chi connectivity index (χ2n) is 21.1. The lowest BCUT2D eigenvalue weighted by atomic mass is 10.1. The molecule has 0 aliphatic carbocycles. The number of aliphatic carboxylic acids is 1. The van der Waals surface area contributed by atoms with E-state index in [0.717, 1.165) is 11.1 Å². The van der Waals surface area contributed by atoms with Crippen molar-refractivity contribution in [3.63, 3.8) is 0 Å². The first-order valence-corrected chi connectivity index (χ1v) is 28.9. The number of carboxylic acid groups (broad SMARTS) is 1. The van der Waals surface area contributed by atoms with Crippen LogP contribution in [0.4, 0.5) is 0 Å². The average molecular weight is 1240 g/mol. The summed E-state index contributed by atoms with van der Waals surface area (Å²) in [6.07, 6.45) is -5.21. The van der Waals surface area contributed by atoms with Crippen molar-refractivity contribution in [1.29, 1.82) is 0 Å². The molecule has 0 aliphatic rings. The monoisotopic (exact) mass is 1240 g/mol. The summed E-state index contributed by atoms with van der Waals surface area (Å²) in [5.41, 5.74) is 1.94. The van der Waals surface area contributed by atoms with E-state index in [4.69, 9.17) is 38.3 Å². The van der Waals surface area contributed by atoms with E-state index < -0.39 is 147 Å². The van der Waals surface area contributed by atoms with Gasteiger partial charge in [-0.15, -0.1) is 0 Å². The number of ether oxygens (including phenoxy) is 7. The number of carboxylic acids is 1. The van der Waals surface area contributed by atoms with Gasteiger partial charge in [0.05, 0.1) is 45.3 Å². The normalized spacial score (nSPS) is 12.7. The van der Waals surface area contributed by atoms with Crippen molar-refractivity contribution in [2.45, 2.75) is 141 Å². The molecule has 0 saturated heterocycles. The Balaban J connectivity index is 1.40. The Bertz CT molecular complexity index is 2880. The molecule has 0 fully saturated rings. The highest BCUT2D eigenvalue weighted by Gasteiger charge is 2.31. The number of nitrogens with one attached hydrogen (secondary N) is 6. The van der Waals surface area contributed by atoms with Crippen LogP contribution in [0.1, 0.15) is 101 Å². The third-order valence-corrected chi connectivity index (χ3v) is 12.5. The molecule has 0 aromatic heterocycles.